The Morgan fingerprint density at radius 1 is 1.23 bits per heavy atom. The number of carbonyl (C=O) groups excluding carboxylic acids is 1. The van der Waals surface area contributed by atoms with Crippen LogP contribution < -0.4 is 10.6 Å². The lowest BCUT2D eigenvalue weighted by Gasteiger charge is -2.26. The first-order chi connectivity index (χ1) is 12.5. The van der Waals surface area contributed by atoms with Crippen LogP contribution in [0.1, 0.15) is 41.6 Å². The summed E-state index contributed by atoms with van der Waals surface area (Å²) in [6.07, 6.45) is 5.86. The molecule has 1 amide bonds. The molecule has 1 fully saturated rings. The summed E-state index contributed by atoms with van der Waals surface area (Å²) in [7, 11) is -3.54. The lowest BCUT2D eigenvalue weighted by molar-refractivity contribution is 0.0956. The molecule has 7 heteroatoms. The molecule has 1 aromatic carbocycles. The monoisotopic (exact) mass is 377 g/mol. The van der Waals surface area contributed by atoms with E-state index in [2.05, 4.69) is 16.7 Å². The van der Waals surface area contributed by atoms with Gasteiger partial charge in [-0.05, 0) is 50.4 Å². The molecule has 0 atom stereocenters. The SMILES string of the molecule is Cc1ccc(S(=O)(=O)N2CCCCC2)cc1C(=O)NCC1=CCNCC1. The normalized spacial score (nSPS) is 19.0. The second-order valence-corrected chi connectivity index (χ2v) is 8.88. The van der Waals surface area contributed by atoms with Crippen LogP contribution in [0.15, 0.2) is 34.7 Å². The van der Waals surface area contributed by atoms with Crippen molar-refractivity contribution in [1.29, 1.82) is 0 Å². The minimum Gasteiger partial charge on any atom is -0.348 e. The van der Waals surface area contributed by atoms with Gasteiger partial charge in [0.25, 0.3) is 5.91 Å². The third-order valence-corrected chi connectivity index (χ3v) is 6.94. The Bertz CT molecular complexity index is 796. The molecule has 0 saturated carbocycles. The molecule has 1 aromatic rings. The maximum Gasteiger partial charge on any atom is 0.251 e. The van der Waals surface area contributed by atoms with E-state index in [1.807, 2.05) is 6.92 Å². The number of amides is 1. The van der Waals surface area contributed by atoms with Gasteiger partial charge in [0.1, 0.15) is 0 Å². The summed E-state index contributed by atoms with van der Waals surface area (Å²) in [5.41, 5.74) is 2.41. The molecule has 2 N–H and O–H groups in total. The zero-order chi connectivity index (χ0) is 18.6. The molecule has 0 spiro atoms. The molecule has 3 rings (SSSR count). The number of sulfonamides is 1. The third-order valence-electron chi connectivity index (χ3n) is 5.04. The Morgan fingerprint density at radius 3 is 2.69 bits per heavy atom. The number of benzene rings is 1. The molecular formula is C19H27N3O3S. The molecule has 26 heavy (non-hydrogen) atoms. The fourth-order valence-electron chi connectivity index (χ4n) is 3.38. The molecule has 2 aliphatic rings. The van der Waals surface area contributed by atoms with Crippen molar-refractivity contribution in [3.05, 3.63) is 41.0 Å². The van der Waals surface area contributed by atoms with Crippen LogP contribution in [-0.2, 0) is 10.0 Å². The second-order valence-electron chi connectivity index (χ2n) is 6.94. The highest BCUT2D eigenvalue weighted by Gasteiger charge is 2.27. The molecule has 0 bridgehead atoms. The highest BCUT2D eigenvalue weighted by atomic mass is 32.2. The van der Waals surface area contributed by atoms with E-state index in [0.29, 0.717) is 25.2 Å². The van der Waals surface area contributed by atoms with Crippen molar-refractivity contribution in [3.8, 4) is 0 Å². The average Bonchev–Trinajstić information content (AvgIpc) is 2.68. The summed E-state index contributed by atoms with van der Waals surface area (Å²) in [6, 6.07) is 4.84. The van der Waals surface area contributed by atoms with Crippen LogP contribution >= 0.6 is 0 Å². The minimum absolute atomic E-state index is 0.205. The van der Waals surface area contributed by atoms with E-state index in [0.717, 1.165) is 44.3 Å². The summed E-state index contributed by atoms with van der Waals surface area (Å²) in [5, 5.41) is 6.16. The maximum atomic E-state index is 12.9. The van der Waals surface area contributed by atoms with E-state index in [4.69, 9.17) is 0 Å². The van der Waals surface area contributed by atoms with Gasteiger partial charge in [0, 0.05) is 31.7 Å². The zero-order valence-electron chi connectivity index (χ0n) is 15.3. The predicted octanol–water partition coefficient (Wildman–Crippen LogP) is 1.82. The maximum absolute atomic E-state index is 12.9. The van der Waals surface area contributed by atoms with Crippen molar-refractivity contribution >= 4 is 15.9 Å². The van der Waals surface area contributed by atoms with Crippen LogP contribution in [0.25, 0.3) is 0 Å². The van der Waals surface area contributed by atoms with Crippen molar-refractivity contribution in [2.24, 2.45) is 0 Å². The average molecular weight is 378 g/mol. The van der Waals surface area contributed by atoms with Crippen LogP contribution in [-0.4, -0.2) is 51.4 Å². The van der Waals surface area contributed by atoms with Crippen molar-refractivity contribution < 1.29 is 13.2 Å². The Morgan fingerprint density at radius 2 is 2.00 bits per heavy atom. The number of hydrogen-bond donors (Lipinski definition) is 2. The summed E-state index contributed by atoms with van der Waals surface area (Å²) >= 11 is 0. The van der Waals surface area contributed by atoms with Crippen molar-refractivity contribution in [3.63, 3.8) is 0 Å². The van der Waals surface area contributed by atoms with Crippen LogP contribution in [0.3, 0.4) is 0 Å². The first kappa shape index (κ1) is 19.1. The largest absolute Gasteiger partial charge is 0.348 e. The fraction of sp³-hybridized carbons (Fsp3) is 0.526. The van der Waals surface area contributed by atoms with Gasteiger partial charge in [-0.2, -0.15) is 4.31 Å². The number of rotatable bonds is 5. The van der Waals surface area contributed by atoms with Crippen molar-refractivity contribution in [2.75, 3.05) is 32.7 Å². The van der Waals surface area contributed by atoms with Crippen LogP contribution in [0.5, 0.6) is 0 Å². The van der Waals surface area contributed by atoms with E-state index in [9.17, 15) is 13.2 Å². The van der Waals surface area contributed by atoms with Gasteiger partial charge in [0.15, 0.2) is 0 Å². The van der Waals surface area contributed by atoms with Crippen LogP contribution in [0, 0.1) is 6.92 Å². The molecule has 0 aliphatic carbocycles. The summed E-state index contributed by atoms with van der Waals surface area (Å²) < 4.78 is 27.2. The van der Waals surface area contributed by atoms with Crippen molar-refractivity contribution in [1.82, 2.24) is 14.9 Å². The number of aryl methyl sites for hydroxylation is 1. The van der Waals surface area contributed by atoms with Gasteiger partial charge in [0.2, 0.25) is 10.0 Å². The Kier molecular flexibility index (Phi) is 6.11. The Labute approximate surface area is 155 Å². The van der Waals surface area contributed by atoms with Gasteiger partial charge >= 0.3 is 0 Å². The standard InChI is InChI=1S/C19H27N3O3S/c1-15-5-6-17(26(24,25)22-11-3-2-4-12-22)13-18(15)19(23)21-14-16-7-9-20-10-8-16/h5-7,13,20H,2-4,8-12,14H2,1H3,(H,21,23). The van der Waals surface area contributed by atoms with Gasteiger partial charge in [-0.15, -0.1) is 0 Å². The van der Waals surface area contributed by atoms with Gasteiger partial charge in [-0.3, -0.25) is 4.79 Å². The molecule has 2 heterocycles. The topological polar surface area (TPSA) is 78.5 Å². The van der Waals surface area contributed by atoms with Gasteiger partial charge in [0.05, 0.1) is 4.90 Å². The van der Waals surface area contributed by atoms with E-state index < -0.39 is 10.0 Å². The second kappa shape index (κ2) is 8.33. The Hall–Kier alpha value is -1.70. The first-order valence-electron chi connectivity index (χ1n) is 9.26. The van der Waals surface area contributed by atoms with E-state index in [1.54, 1.807) is 12.1 Å². The molecule has 6 nitrogen and oxygen atoms in total. The van der Waals surface area contributed by atoms with Crippen LogP contribution in [0.4, 0.5) is 0 Å². The number of carbonyl (C=O) groups is 1. The lowest BCUT2D eigenvalue weighted by Crippen LogP contribution is -2.36. The van der Waals surface area contributed by atoms with Gasteiger partial charge in [-0.25, -0.2) is 8.42 Å². The smallest absolute Gasteiger partial charge is 0.251 e. The number of nitrogens with one attached hydrogen (secondary N) is 2. The highest BCUT2D eigenvalue weighted by molar-refractivity contribution is 7.89. The number of nitrogens with zero attached hydrogens (tertiary/aromatic N) is 1. The minimum atomic E-state index is -3.54. The molecule has 0 aromatic heterocycles. The van der Waals surface area contributed by atoms with Crippen LogP contribution in [0.2, 0.25) is 0 Å². The van der Waals surface area contributed by atoms with Gasteiger partial charge in [-0.1, -0.05) is 24.1 Å². The van der Waals surface area contributed by atoms with E-state index in [1.165, 1.54) is 15.9 Å². The summed E-state index contributed by atoms with van der Waals surface area (Å²) in [6.45, 7) is 5.19. The van der Waals surface area contributed by atoms with Gasteiger partial charge < -0.3 is 10.6 Å². The molecule has 1 saturated heterocycles. The first-order valence-corrected chi connectivity index (χ1v) is 10.7. The molecular weight excluding hydrogens is 350 g/mol. The number of piperidine rings is 1. The Balaban J connectivity index is 1.76. The molecule has 142 valence electrons. The zero-order valence-corrected chi connectivity index (χ0v) is 16.1. The predicted molar refractivity (Wildman–Crippen MR) is 102 cm³/mol. The third kappa shape index (κ3) is 4.34. The molecule has 0 radical (unpaired) electrons. The molecule has 0 unspecified atom stereocenters. The number of hydrogen-bond acceptors (Lipinski definition) is 4. The fourth-order valence-corrected chi connectivity index (χ4v) is 4.92. The summed E-state index contributed by atoms with van der Waals surface area (Å²) in [4.78, 5) is 12.8. The van der Waals surface area contributed by atoms with Crippen molar-refractivity contribution in [2.45, 2.75) is 37.5 Å². The molecule has 2 aliphatic heterocycles. The summed E-state index contributed by atoms with van der Waals surface area (Å²) in [5.74, 6) is -0.224. The van der Waals surface area contributed by atoms with E-state index >= 15 is 0 Å². The quantitative estimate of drug-likeness (QED) is 0.767. The lowest BCUT2D eigenvalue weighted by atomic mass is 10.1. The van der Waals surface area contributed by atoms with E-state index in [-0.39, 0.29) is 10.8 Å². The highest BCUT2D eigenvalue weighted by Crippen LogP contribution is 2.23.